The second-order valence-electron chi connectivity index (χ2n) is 8.48. The van der Waals surface area contributed by atoms with Gasteiger partial charge in [0.15, 0.2) is 6.61 Å². The number of fused-ring (bicyclic) bond motifs is 2. The van der Waals surface area contributed by atoms with E-state index >= 15 is 0 Å². The van der Waals surface area contributed by atoms with E-state index in [1.807, 2.05) is 25.1 Å². The molecule has 5 rings (SSSR count). The lowest BCUT2D eigenvalue weighted by atomic mass is 10.1. The van der Waals surface area contributed by atoms with Crippen molar-refractivity contribution in [2.75, 3.05) is 20.7 Å². The number of thiophene rings is 1. The second-order valence-corrected chi connectivity index (χ2v) is 9.65. The van der Waals surface area contributed by atoms with Crippen molar-refractivity contribution in [1.29, 1.82) is 0 Å². The van der Waals surface area contributed by atoms with Crippen LogP contribution in [0.3, 0.4) is 0 Å². The molecule has 0 unspecified atom stereocenters. The molecule has 0 bridgehead atoms. The van der Waals surface area contributed by atoms with Gasteiger partial charge in [0.25, 0.3) is 5.91 Å². The Labute approximate surface area is 210 Å². The number of imidazole rings is 1. The van der Waals surface area contributed by atoms with E-state index < -0.39 is 6.09 Å². The first-order valence-electron chi connectivity index (χ1n) is 11.2. The Balaban J connectivity index is 1.42. The fourth-order valence-electron chi connectivity index (χ4n) is 4.01. The molecule has 0 aliphatic heterocycles. The Bertz CT molecular complexity index is 1630. The molecule has 0 aliphatic rings. The van der Waals surface area contributed by atoms with Crippen molar-refractivity contribution in [3.05, 3.63) is 82.2 Å². The smallest absolute Gasteiger partial charge is 0.419 e. The lowest BCUT2D eigenvalue weighted by molar-refractivity contribution is -0.131. The lowest BCUT2D eigenvalue weighted by Gasteiger charge is -2.10. The number of ketones is 1. The maximum atomic E-state index is 13.5. The highest BCUT2D eigenvalue weighted by atomic mass is 32.1. The van der Waals surface area contributed by atoms with Crippen molar-refractivity contribution in [1.82, 2.24) is 24.0 Å². The molecule has 4 heterocycles. The topological polar surface area (TPSA) is 99.3 Å². The fraction of sp³-hybridized carbons (Fsp3) is 0.192. The van der Waals surface area contributed by atoms with Crippen molar-refractivity contribution in [3.63, 3.8) is 0 Å². The zero-order valence-electron chi connectivity index (χ0n) is 20.0. The number of ether oxygens (including phenoxy) is 1. The number of pyridine rings is 1. The van der Waals surface area contributed by atoms with Crippen LogP contribution in [-0.4, -0.2) is 62.5 Å². The molecule has 0 aliphatic carbocycles. The van der Waals surface area contributed by atoms with Crippen molar-refractivity contribution >= 4 is 51.1 Å². The van der Waals surface area contributed by atoms with Crippen LogP contribution < -0.4 is 0 Å². The third-order valence-corrected chi connectivity index (χ3v) is 6.98. The number of rotatable bonds is 6. The predicted molar refractivity (Wildman–Crippen MR) is 136 cm³/mol. The van der Waals surface area contributed by atoms with Gasteiger partial charge in [-0.25, -0.2) is 9.78 Å². The number of aromatic nitrogens is 4. The van der Waals surface area contributed by atoms with Crippen molar-refractivity contribution in [3.8, 4) is 0 Å². The van der Waals surface area contributed by atoms with Gasteiger partial charge in [0, 0.05) is 42.3 Å². The summed E-state index contributed by atoms with van der Waals surface area (Å²) in [7, 11) is 3.17. The Kier molecular flexibility index (Phi) is 6.11. The number of hydrogen-bond acceptors (Lipinski definition) is 7. The first kappa shape index (κ1) is 23.4. The number of carbonyl (C=O) groups is 3. The first-order chi connectivity index (χ1) is 17.3. The van der Waals surface area contributed by atoms with Crippen LogP contribution >= 0.6 is 11.3 Å². The van der Waals surface area contributed by atoms with E-state index in [0.717, 1.165) is 21.7 Å². The van der Waals surface area contributed by atoms with Gasteiger partial charge in [0.1, 0.15) is 11.3 Å². The summed E-state index contributed by atoms with van der Waals surface area (Å²) in [4.78, 5) is 49.7. The summed E-state index contributed by atoms with van der Waals surface area (Å²) in [5.41, 5.74) is 2.74. The average molecular weight is 502 g/mol. The average Bonchev–Trinajstić information content (AvgIpc) is 3.58. The van der Waals surface area contributed by atoms with E-state index in [2.05, 4.69) is 14.5 Å². The Morgan fingerprint density at radius 2 is 1.86 bits per heavy atom. The quantitative estimate of drug-likeness (QED) is 0.325. The Morgan fingerprint density at radius 1 is 1.06 bits per heavy atom. The van der Waals surface area contributed by atoms with Crippen molar-refractivity contribution in [2.24, 2.45) is 0 Å². The van der Waals surface area contributed by atoms with Crippen LogP contribution in [0.15, 0.2) is 61.1 Å². The van der Waals surface area contributed by atoms with Crippen LogP contribution in [0.4, 0.5) is 4.79 Å². The molecule has 9 nitrogen and oxygen atoms in total. The first-order valence-corrected chi connectivity index (χ1v) is 12.0. The van der Waals surface area contributed by atoms with E-state index in [1.165, 1.54) is 27.0 Å². The maximum Gasteiger partial charge on any atom is 0.419 e. The second kappa shape index (κ2) is 9.38. The summed E-state index contributed by atoms with van der Waals surface area (Å²) < 4.78 is 8.54. The molecule has 0 saturated heterocycles. The number of carbonyl (C=O) groups excluding carboxylic acids is 3. The van der Waals surface area contributed by atoms with Crippen LogP contribution in [0.25, 0.3) is 21.9 Å². The van der Waals surface area contributed by atoms with E-state index in [4.69, 9.17) is 4.74 Å². The van der Waals surface area contributed by atoms with Crippen LogP contribution in [0.2, 0.25) is 0 Å². The molecule has 0 saturated carbocycles. The third-order valence-electron chi connectivity index (χ3n) is 5.91. The molecule has 0 spiro atoms. The molecule has 0 N–H and O–H groups in total. The maximum absolute atomic E-state index is 13.5. The molecule has 1 amide bonds. The highest BCUT2D eigenvalue weighted by molar-refractivity contribution is 7.14. The summed E-state index contributed by atoms with van der Waals surface area (Å²) in [5.74, 6) is 0.350. The molecule has 5 aromatic rings. The molecule has 0 fully saturated rings. The van der Waals surface area contributed by atoms with Gasteiger partial charge in [0.2, 0.25) is 5.78 Å². The van der Waals surface area contributed by atoms with Crippen LogP contribution in [0.5, 0.6) is 0 Å². The van der Waals surface area contributed by atoms with Gasteiger partial charge in [-0.3, -0.25) is 19.1 Å². The molecular formula is C26H23N5O4S. The molecule has 4 aromatic heterocycles. The predicted octanol–water partition coefficient (Wildman–Crippen LogP) is 4.11. The van der Waals surface area contributed by atoms with Gasteiger partial charge in [-0.1, -0.05) is 18.2 Å². The van der Waals surface area contributed by atoms with E-state index in [9.17, 15) is 14.4 Å². The monoisotopic (exact) mass is 501 g/mol. The lowest BCUT2D eigenvalue weighted by Crippen LogP contribution is -2.28. The summed E-state index contributed by atoms with van der Waals surface area (Å²) >= 11 is 1.41. The normalized spacial score (nSPS) is 11.2. The van der Waals surface area contributed by atoms with Gasteiger partial charge in [-0.05, 0) is 31.2 Å². The number of benzene rings is 1. The van der Waals surface area contributed by atoms with Crippen LogP contribution in [-0.2, 0) is 16.1 Å². The Morgan fingerprint density at radius 3 is 2.67 bits per heavy atom. The summed E-state index contributed by atoms with van der Waals surface area (Å²) in [6.07, 6.45) is 4.24. The molecule has 1 aromatic carbocycles. The molecule has 0 atom stereocenters. The SMILES string of the molecule is Cc1nc2cnccc2n1Cc1ccc(C(=O)c2cn(C(=O)OCC(=O)N(C)C)c3ccccc23)s1. The van der Waals surface area contributed by atoms with Gasteiger partial charge < -0.3 is 14.2 Å². The summed E-state index contributed by atoms with van der Waals surface area (Å²) in [6, 6.07) is 12.8. The van der Waals surface area contributed by atoms with Crippen LogP contribution in [0.1, 0.15) is 25.9 Å². The molecular weight excluding hydrogens is 478 g/mol. The Hall–Kier alpha value is -4.31. The standard InChI is InChI=1S/C26H23N5O4S/c1-16-28-20-12-27-11-10-22(20)30(16)13-17-8-9-23(36-17)25(33)19-14-31(21-7-5-4-6-18(19)21)26(34)35-15-24(32)29(2)3/h4-12,14H,13,15H2,1-3H3. The largest absolute Gasteiger partial charge is 0.439 e. The van der Waals surface area contributed by atoms with Crippen molar-refractivity contribution in [2.45, 2.75) is 13.5 Å². The van der Waals surface area contributed by atoms with Gasteiger partial charge >= 0.3 is 6.09 Å². The van der Waals surface area contributed by atoms with Gasteiger partial charge in [0.05, 0.1) is 28.7 Å². The van der Waals surface area contributed by atoms with Gasteiger partial charge in [-0.15, -0.1) is 11.3 Å². The third kappa shape index (κ3) is 4.27. The molecule has 0 radical (unpaired) electrons. The van der Waals surface area contributed by atoms with E-state index in [0.29, 0.717) is 27.9 Å². The van der Waals surface area contributed by atoms with Crippen molar-refractivity contribution < 1.29 is 19.1 Å². The number of amides is 1. The number of para-hydroxylation sites is 1. The zero-order chi connectivity index (χ0) is 25.4. The minimum Gasteiger partial charge on any atom is -0.439 e. The minimum atomic E-state index is -0.718. The minimum absolute atomic E-state index is 0.185. The summed E-state index contributed by atoms with van der Waals surface area (Å²) in [6.45, 7) is 2.15. The fourth-order valence-corrected chi connectivity index (χ4v) is 4.96. The molecule has 182 valence electrons. The highest BCUT2D eigenvalue weighted by Crippen LogP contribution is 2.28. The number of nitrogens with zero attached hydrogens (tertiary/aromatic N) is 5. The number of hydrogen-bond donors (Lipinski definition) is 0. The number of aryl methyl sites for hydroxylation is 1. The zero-order valence-corrected chi connectivity index (χ0v) is 20.8. The molecule has 10 heteroatoms. The van der Waals surface area contributed by atoms with Crippen LogP contribution in [0, 0.1) is 6.92 Å². The van der Waals surface area contributed by atoms with E-state index in [-0.39, 0.29) is 18.3 Å². The number of likely N-dealkylation sites (N-methyl/N-ethyl adjacent to an activating group) is 1. The van der Waals surface area contributed by atoms with E-state index in [1.54, 1.807) is 50.8 Å². The molecule has 36 heavy (non-hydrogen) atoms. The highest BCUT2D eigenvalue weighted by Gasteiger charge is 2.22. The summed E-state index contributed by atoms with van der Waals surface area (Å²) in [5, 5.41) is 0.636. The van der Waals surface area contributed by atoms with Gasteiger partial charge in [-0.2, -0.15) is 0 Å².